The number of aryl methyl sites for hydroxylation is 1. The van der Waals surface area contributed by atoms with Crippen molar-refractivity contribution < 1.29 is 24.1 Å². The van der Waals surface area contributed by atoms with Gasteiger partial charge in [-0.25, -0.2) is 0 Å². The van der Waals surface area contributed by atoms with Gasteiger partial charge < -0.3 is 30.8 Å². The number of benzene rings is 1. The van der Waals surface area contributed by atoms with E-state index in [1.807, 2.05) is 6.07 Å². The summed E-state index contributed by atoms with van der Waals surface area (Å²) in [6.45, 7) is 0.264. The van der Waals surface area contributed by atoms with Crippen LogP contribution in [0.15, 0.2) is 21.8 Å². The second kappa shape index (κ2) is 9.51. The Kier molecular flexibility index (Phi) is 6.81. The molecule has 0 spiro atoms. The van der Waals surface area contributed by atoms with Crippen LogP contribution in [0.25, 0.3) is 5.57 Å². The Morgan fingerprint density at radius 1 is 1.10 bits per heavy atom. The van der Waals surface area contributed by atoms with Gasteiger partial charge in [0.05, 0.1) is 26.5 Å². The molecule has 0 amide bonds. The molecule has 0 fully saturated rings. The number of methoxy groups -OCH3 is 2. The molecule has 0 atom stereocenters. The Labute approximate surface area is 175 Å². The van der Waals surface area contributed by atoms with E-state index in [9.17, 15) is 4.79 Å². The number of carboxylic acid groups (broad SMARTS) is 1. The molecule has 0 unspecified atom stereocenters. The lowest BCUT2D eigenvalue weighted by molar-refractivity contribution is -0.137. The van der Waals surface area contributed by atoms with E-state index in [4.69, 9.17) is 30.8 Å². The third-order valence-electron chi connectivity index (χ3n) is 5.27. The van der Waals surface area contributed by atoms with Crippen LogP contribution in [-0.2, 0) is 11.2 Å². The van der Waals surface area contributed by atoms with Crippen LogP contribution in [0.2, 0.25) is 0 Å². The molecular formula is C21H28N4O5. The Hall–Kier alpha value is -3.23. The highest BCUT2D eigenvalue weighted by Gasteiger charge is 2.31. The molecule has 9 heteroatoms. The van der Waals surface area contributed by atoms with Gasteiger partial charge in [0.2, 0.25) is 11.7 Å². The van der Waals surface area contributed by atoms with Crippen LogP contribution in [0.4, 0.5) is 0 Å². The lowest BCUT2D eigenvalue weighted by atomic mass is 9.95. The fourth-order valence-corrected chi connectivity index (χ4v) is 4.05. The lowest BCUT2D eigenvalue weighted by Gasteiger charge is -2.21. The van der Waals surface area contributed by atoms with Crippen molar-refractivity contribution in [3.05, 3.63) is 22.8 Å². The summed E-state index contributed by atoms with van der Waals surface area (Å²) in [5.41, 5.74) is 16.2. The number of aliphatic carboxylic acids is 1. The summed E-state index contributed by atoms with van der Waals surface area (Å²) in [4.78, 5) is 10.9. The number of fused-ring (bicyclic) bond motifs is 2. The monoisotopic (exact) mass is 416 g/mol. The summed E-state index contributed by atoms with van der Waals surface area (Å²) in [5.74, 6) is 0.755. The van der Waals surface area contributed by atoms with Gasteiger partial charge in [0.1, 0.15) is 0 Å². The molecule has 162 valence electrons. The number of hydrogen-bond acceptors (Lipinski definition) is 6. The number of carboxylic acids is 1. The number of nitrogens with two attached hydrogens (primary N) is 2. The molecule has 0 aromatic heterocycles. The minimum Gasteiger partial charge on any atom is -0.493 e. The van der Waals surface area contributed by atoms with Gasteiger partial charge in [0.25, 0.3) is 0 Å². The van der Waals surface area contributed by atoms with Crippen molar-refractivity contribution >= 4 is 23.2 Å². The summed E-state index contributed by atoms with van der Waals surface area (Å²) >= 11 is 0. The maximum Gasteiger partial charge on any atom is 0.303 e. The lowest BCUT2D eigenvalue weighted by Crippen LogP contribution is -2.22. The van der Waals surface area contributed by atoms with E-state index in [2.05, 4.69) is 10.2 Å². The molecule has 0 saturated carbocycles. The van der Waals surface area contributed by atoms with Crippen LogP contribution >= 0.6 is 0 Å². The Morgan fingerprint density at radius 3 is 2.53 bits per heavy atom. The summed E-state index contributed by atoms with van der Waals surface area (Å²) < 4.78 is 17.3. The Balaban J connectivity index is 2.11. The SMILES string of the molecule is COc1cc2c(c(OCCCC(=O)O)c1OC)C1=C(CCC1)C(=NN=C(N)N)CC2. The van der Waals surface area contributed by atoms with Crippen LogP contribution in [0.5, 0.6) is 17.2 Å². The van der Waals surface area contributed by atoms with E-state index in [0.29, 0.717) is 36.5 Å². The maximum atomic E-state index is 10.9. The molecule has 0 saturated heterocycles. The van der Waals surface area contributed by atoms with Crippen LogP contribution in [0.3, 0.4) is 0 Å². The molecule has 1 aromatic rings. The first-order valence-electron chi connectivity index (χ1n) is 9.96. The van der Waals surface area contributed by atoms with Gasteiger partial charge >= 0.3 is 5.97 Å². The van der Waals surface area contributed by atoms with E-state index in [1.165, 1.54) is 0 Å². The Bertz CT molecular complexity index is 916. The fraction of sp³-hybridized carbons (Fsp3) is 0.476. The van der Waals surface area contributed by atoms with Crippen molar-refractivity contribution in [2.24, 2.45) is 21.7 Å². The zero-order valence-electron chi connectivity index (χ0n) is 17.4. The highest BCUT2D eigenvalue weighted by atomic mass is 16.5. The van der Waals surface area contributed by atoms with Gasteiger partial charge in [-0.3, -0.25) is 4.79 Å². The second-order valence-electron chi connectivity index (χ2n) is 7.20. The minimum absolute atomic E-state index is 0.0394. The quantitative estimate of drug-likeness (QED) is 0.256. The number of nitrogens with zero attached hydrogens (tertiary/aromatic N) is 2. The number of guanidine groups is 1. The number of ether oxygens (including phenoxy) is 3. The van der Waals surface area contributed by atoms with Crippen LogP contribution in [0.1, 0.15) is 49.7 Å². The van der Waals surface area contributed by atoms with Crippen LogP contribution in [0, 0.1) is 0 Å². The normalized spacial score (nSPS) is 16.5. The molecule has 30 heavy (non-hydrogen) atoms. The predicted octanol–water partition coefficient (Wildman–Crippen LogP) is 2.46. The van der Waals surface area contributed by atoms with Crippen molar-refractivity contribution in [3.8, 4) is 17.2 Å². The number of carbonyl (C=O) groups is 1. The van der Waals surface area contributed by atoms with Crippen molar-refractivity contribution in [1.82, 2.24) is 0 Å². The van der Waals surface area contributed by atoms with E-state index in [0.717, 1.165) is 47.2 Å². The third kappa shape index (κ3) is 4.50. The highest BCUT2D eigenvalue weighted by molar-refractivity contribution is 6.09. The molecule has 0 aliphatic heterocycles. The molecule has 5 N–H and O–H groups in total. The van der Waals surface area contributed by atoms with Crippen molar-refractivity contribution in [2.45, 2.75) is 44.9 Å². The van der Waals surface area contributed by atoms with Crippen molar-refractivity contribution in [3.63, 3.8) is 0 Å². The predicted molar refractivity (Wildman–Crippen MR) is 114 cm³/mol. The van der Waals surface area contributed by atoms with Gasteiger partial charge in [0, 0.05) is 12.0 Å². The standard InChI is InChI=1S/C21H28N4O5/c1-28-16-11-12-8-9-15(24-25-21(22)23)13-5-3-6-14(13)18(12)20(19(16)29-2)30-10-4-7-17(26)27/h11H,3-10H2,1-2H3,(H,26,27)(H4,22,23,25). The van der Waals surface area contributed by atoms with Crippen molar-refractivity contribution in [2.75, 3.05) is 20.8 Å². The zero-order valence-corrected chi connectivity index (χ0v) is 17.4. The average Bonchev–Trinajstić information content (AvgIpc) is 3.13. The second-order valence-corrected chi connectivity index (χ2v) is 7.20. The summed E-state index contributed by atoms with van der Waals surface area (Å²) in [6.07, 6.45) is 4.61. The molecule has 0 bridgehead atoms. The number of hydrogen-bond donors (Lipinski definition) is 3. The van der Waals surface area contributed by atoms with Gasteiger partial charge in [-0.1, -0.05) is 0 Å². The molecule has 0 heterocycles. The third-order valence-corrected chi connectivity index (χ3v) is 5.27. The molecule has 2 aliphatic carbocycles. The van der Waals surface area contributed by atoms with Gasteiger partial charge in [0.15, 0.2) is 11.5 Å². The summed E-state index contributed by atoms with van der Waals surface area (Å²) in [7, 11) is 3.15. The topological polar surface area (TPSA) is 142 Å². The van der Waals surface area contributed by atoms with Gasteiger partial charge in [-0.15, -0.1) is 5.10 Å². The van der Waals surface area contributed by atoms with Crippen molar-refractivity contribution in [1.29, 1.82) is 0 Å². The summed E-state index contributed by atoms with van der Waals surface area (Å²) in [6, 6.07) is 1.98. The number of rotatable bonds is 8. The minimum atomic E-state index is -0.851. The van der Waals surface area contributed by atoms with Crippen LogP contribution < -0.4 is 25.7 Å². The maximum absolute atomic E-state index is 10.9. The van der Waals surface area contributed by atoms with Gasteiger partial charge in [-0.05, 0) is 61.3 Å². The van der Waals surface area contributed by atoms with E-state index < -0.39 is 5.97 Å². The average molecular weight is 416 g/mol. The van der Waals surface area contributed by atoms with E-state index in [1.54, 1.807) is 14.2 Å². The molecule has 1 aromatic carbocycles. The first kappa shape index (κ1) is 21.5. The van der Waals surface area contributed by atoms with Crippen LogP contribution in [-0.4, -0.2) is 43.6 Å². The highest BCUT2D eigenvalue weighted by Crippen LogP contribution is 2.50. The molecule has 2 aliphatic rings. The first-order chi connectivity index (χ1) is 14.5. The first-order valence-corrected chi connectivity index (χ1v) is 9.96. The van der Waals surface area contributed by atoms with E-state index >= 15 is 0 Å². The smallest absolute Gasteiger partial charge is 0.303 e. The number of allylic oxidation sites excluding steroid dienone is 2. The largest absolute Gasteiger partial charge is 0.493 e. The molecule has 0 radical (unpaired) electrons. The zero-order chi connectivity index (χ0) is 21.7. The molecule has 9 nitrogen and oxygen atoms in total. The van der Waals surface area contributed by atoms with E-state index in [-0.39, 0.29) is 19.0 Å². The Morgan fingerprint density at radius 2 is 1.87 bits per heavy atom. The summed E-state index contributed by atoms with van der Waals surface area (Å²) in [5, 5.41) is 17.1. The molecule has 3 rings (SSSR count). The fourth-order valence-electron chi connectivity index (χ4n) is 4.05. The molecular weight excluding hydrogens is 388 g/mol. The van der Waals surface area contributed by atoms with Gasteiger partial charge in [-0.2, -0.15) is 5.10 Å².